The normalized spacial score (nSPS) is 8.00. The van der Waals surface area contributed by atoms with E-state index < -0.39 is 0 Å². The Hall–Kier alpha value is -0.220. The first-order valence-corrected chi connectivity index (χ1v) is 3.70. The monoisotopic (exact) mass is 162 g/mol. The van der Waals surface area contributed by atoms with Gasteiger partial charge in [0.05, 0.1) is 11.0 Å². The molecule has 0 spiro atoms. The summed E-state index contributed by atoms with van der Waals surface area (Å²) in [5.41, 5.74) is 3.05. The first-order chi connectivity index (χ1) is 4.41. The van der Waals surface area contributed by atoms with E-state index in [-0.39, 0.29) is 0 Å². The van der Waals surface area contributed by atoms with Crippen LogP contribution in [0.25, 0.3) is 0 Å². The van der Waals surface area contributed by atoms with Gasteiger partial charge >= 0.3 is 0 Å². The van der Waals surface area contributed by atoms with Crippen molar-refractivity contribution in [2.75, 3.05) is 13.1 Å². The Bertz CT molecular complexity index is 75.0. The summed E-state index contributed by atoms with van der Waals surface area (Å²) < 4.78 is 0. The molecule has 52 valence electrons. The number of hydrogen-bond acceptors (Lipinski definition) is 2. The Labute approximate surface area is 66.0 Å². The number of rotatable bonds is 6. The molecule has 0 fully saturated rings. The van der Waals surface area contributed by atoms with Crippen molar-refractivity contribution in [2.45, 2.75) is 6.42 Å². The smallest absolute Gasteiger partial charge is 0.0614 e. The standard InChI is InChI=1S/C5H10N2S2/c8-4-6-2-1-3-7-5-9/h4-5H,1-3H2,(H,6,8)(H,7,9). The highest BCUT2D eigenvalue weighted by molar-refractivity contribution is 7.79. The van der Waals surface area contributed by atoms with Crippen molar-refractivity contribution in [1.82, 2.24) is 10.6 Å². The van der Waals surface area contributed by atoms with E-state index in [2.05, 4.69) is 35.1 Å². The summed E-state index contributed by atoms with van der Waals surface area (Å²) in [5.74, 6) is 0. The maximum Gasteiger partial charge on any atom is 0.0614 e. The Morgan fingerprint density at radius 1 is 1.00 bits per heavy atom. The average Bonchev–Trinajstić information content (AvgIpc) is 1.89. The molecule has 0 amide bonds. The second-order valence-electron chi connectivity index (χ2n) is 1.50. The average molecular weight is 162 g/mol. The first-order valence-electron chi connectivity index (χ1n) is 2.76. The quantitative estimate of drug-likeness (QED) is 0.438. The Balaban J connectivity index is 2.74. The van der Waals surface area contributed by atoms with Crippen molar-refractivity contribution >= 4 is 35.4 Å². The first kappa shape index (κ1) is 8.78. The minimum absolute atomic E-state index is 0.916. The lowest BCUT2D eigenvalue weighted by Gasteiger charge is -1.97. The van der Waals surface area contributed by atoms with Gasteiger partial charge in [0.1, 0.15) is 0 Å². The van der Waals surface area contributed by atoms with Crippen molar-refractivity contribution in [3.63, 3.8) is 0 Å². The molecule has 0 saturated carbocycles. The van der Waals surface area contributed by atoms with Crippen LogP contribution in [0.5, 0.6) is 0 Å². The van der Waals surface area contributed by atoms with Crippen molar-refractivity contribution in [3.8, 4) is 0 Å². The van der Waals surface area contributed by atoms with E-state index in [1.165, 1.54) is 11.0 Å². The van der Waals surface area contributed by atoms with Crippen LogP contribution in [0.3, 0.4) is 0 Å². The molecule has 0 radical (unpaired) electrons. The van der Waals surface area contributed by atoms with Crippen molar-refractivity contribution in [1.29, 1.82) is 0 Å². The highest BCUT2D eigenvalue weighted by atomic mass is 32.1. The summed E-state index contributed by atoms with van der Waals surface area (Å²) in [6.45, 7) is 1.83. The number of nitrogens with one attached hydrogen (secondary N) is 2. The summed E-state index contributed by atoms with van der Waals surface area (Å²) in [7, 11) is 0. The molecule has 9 heavy (non-hydrogen) atoms. The van der Waals surface area contributed by atoms with E-state index in [1.807, 2.05) is 0 Å². The highest BCUT2D eigenvalue weighted by Gasteiger charge is 1.80. The van der Waals surface area contributed by atoms with Gasteiger partial charge in [-0.15, -0.1) is 0 Å². The molecule has 0 aromatic carbocycles. The molecule has 0 unspecified atom stereocenters. The van der Waals surface area contributed by atoms with Crippen LogP contribution in [0, 0.1) is 0 Å². The predicted octanol–water partition coefficient (Wildman–Crippen LogP) is 0.470. The van der Waals surface area contributed by atoms with Gasteiger partial charge in [0.25, 0.3) is 0 Å². The minimum Gasteiger partial charge on any atom is -0.382 e. The molecule has 0 aromatic heterocycles. The van der Waals surface area contributed by atoms with E-state index in [1.54, 1.807) is 0 Å². The van der Waals surface area contributed by atoms with Gasteiger partial charge in [0, 0.05) is 13.1 Å². The Morgan fingerprint density at radius 3 is 1.78 bits per heavy atom. The van der Waals surface area contributed by atoms with Crippen LogP contribution in [0.15, 0.2) is 0 Å². The third-order valence-electron chi connectivity index (χ3n) is 0.809. The van der Waals surface area contributed by atoms with E-state index in [0.717, 1.165) is 19.5 Å². The molecule has 0 heterocycles. The lowest BCUT2D eigenvalue weighted by molar-refractivity contribution is 0.758. The number of hydrogen-bond donors (Lipinski definition) is 2. The van der Waals surface area contributed by atoms with Gasteiger partial charge in [-0.05, 0) is 6.42 Å². The lowest BCUT2D eigenvalue weighted by Crippen LogP contribution is -2.18. The summed E-state index contributed by atoms with van der Waals surface area (Å²) in [5, 5.41) is 5.82. The van der Waals surface area contributed by atoms with Crippen LogP contribution in [-0.2, 0) is 0 Å². The fourth-order valence-corrected chi connectivity index (χ4v) is 0.646. The minimum atomic E-state index is 0.916. The van der Waals surface area contributed by atoms with Gasteiger partial charge in [-0.3, -0.25) is 0 Å². The molecule has 0 aliphatic carbocycles. The summed E-state index contributed by atoms with van der Waals surface area (Å²) in [4.78, 5) is 0. The summed E-state index contributed by atoms with van der Waals surface area (Å²) in [6, 6.07) is 0. The van der Waals surface area contributed by atoms with Gasteiger partial charge in [-0.1, -0.05) is 24.4 Å². The zero-order valence-electron chi connectivity index (χ0n) is 5.09. The van der Waals surface area contributed by atoms with Gasteiger partial charge in [-0.2, -0.15) is 0 Å². The SMILES string of the molecule is S=CNCCCNC=S. The molecule has 0 aliphatic heterocycles. The maximum atomic E-state index is 4.55. The topological polar surface area (TPSA) is 24.1 Å². The molecule has 0 bridgehead atoms. The van der Waals surface area contributed by atoms with Crippen LogP contribution in [-0.4, -0.2) is 24.1 Å². The predicted molar refractivity (Wildman–Crippen MR) is 47.9 cm³/mol. The lowest BCUT2D eigenvalue weighted by atomic mass is 10.4. The summed E-state index contributed by atoms with van der Waals surface area (Å²) >= 11 is 9.09. The third kappa shape index (κ3) is 7.78. The number of thiocarbonyl (C=S) groups is 2. The molecule has 0 rings (SSSR count). The van der Waals surface area contributed by atoms with Crippen molar-refractivity contribution < 1.29 is 0 Å². The molecular weight excluding hydrogens is 152 g/mol. The van der Waals surface area contributed by atoms with E-state index in [9.17, 15) is 0 Å². The zero-order chi connectivity index (χ0) is 6.95. The van der Waals surface area contributed by atoms with E-state index in [0.29, 0.717) is 0 Å². The van der Waals surface area contributed by atoms with E-state index in [4.69, 9.17) is 0 Å². The van der Waals surface area contributed by atoms with Gasteiger partial charge in [0.2, 0.25) is 0 Å². The van der Waals surface area contributed by atoms with Gasteiger partial charge in [-0.25, -0.2) is 0 Å². The molecule has 2 nitrogen and oxygen atoms in total. The fourth-order valence-electron chi connectivity index (χ4n) is 0.410. The Morgan fingerprint density at radius 2 is 1.44 bits per heavy atom. The van der Waals surface area contributed by atoms with Crippen LogP contribution >= 0.6 is 24.4 Å². The van der Waals surface area contributed by atoms with Gasteiger partial charge < -0.3 is 10.6 Å². The third-order valence-corrected chi connectivity index (χ3v) is 1.14. The maximum absolute atomic E-state index is 4.55. The summed E-state index contributed by atoms with van der Waals surface area (Å²) in [6.07, 6.45) is 1.04. The Kier molecular flexibility index (Phi) is 7.59. The van der Waals surface area contributed by atoms with Crippen LogP contribution in [0.2, 0.25) is 0 Å². The largest absolute Gasteiger partial charge is 0.382 e. The van der Waals surface area contributed by atoms with Crippen molar-refractivity contribution in [3.05, 3.63) is 0 Å². The fraction of sp³-hybridized carbons (Fsp3) is 0.600. The molecule has 0 saturated heterocycles. The molecule has 2 N–H and O–H groups in total. The molecular formula is C5H10N2S2. The van der Waals surface area contributed by atoms with Crippen LogP contribution in [0.4, 0.5) is 0 Å². The van der Waals surface area contributed by atoms with E-state index >= 15 is 0 Å². The van der Waals surface area contributed by atoms with Crippen LogP contribution < -0.4 is 10.6 Å². The van der Waals surface area contributed by atoms with Crippen molar-refractivity contribution in [2.24, 2.45) is 0 Å². The second kappa shape index (κ2) is 7.78. The molecule has 0 aromatic rings. The highest BCUT2D eigenvalue weighted by Crippen LogP contribution is 1.69. The molecule has 4 heteroatoms. The van der Waals surface area contributed by atoms with Crippen LogP contribution in [0.1, 0.15) is 6.42 Å². The molecule has 0 atom stereocenters. The van der Waals surface area contributed by atoms with Gasteiger partial charge in [0.15, 0.2) is 0 Å². The second-order valence-corrected chi connectivity index (χ2v) is 1.97. The molecule has 0 aliphatic rings. The zero-order valence-corrected chi connectivity index (χ0v) is 6.73.